The summed E-state index contributed by atoms with van der Waals surface area (Å²) in [5, 5.41) is 5.11. The molecule has 6 rings (SSSR count). The highest BCUT2D eigenvalue weighted by Gasteiger charge is 2.29. The molecule has 0 spiro atoms. The van der Waals surface area contributed by atoms with Gasteiger partial charge in [-0.25, -0.2) is 9.97 Å². The summed E-state index contributed by atoms with van der Waals surface area (Å²) in [6, 6.07) is 24.3. The normalized spacial score (nSPS) is 14.9. The number of halogens is 1. The van der Waals surface area contributed by atoms with Gasteiger partial charge in [0, 0.05) is 28.3 Å². The van der Waals surface area contributed by atoms with Crippen LogP contribution in [0.1, 0.15) is 11.7 Å². The first-order chi connectivity index (χ1) is 14.7. The van der Waals surface area contributed by atoms with Crippen LogP contribution in [0.3, 0.4) is 0 Å². The van der Waals surface area contributed by atoms with Gasteiger partial charge in [-0.15, -0.1) is 0 Å². The first-order valence-corrected chi connectivity index (χ1v) is 10.1. The van der Waals surface area contributed by atoms with Crippen LogP contribution in [0.5, 0.6) is 5.75 Å². The predicted octanol–water partition coefficient (Wildman–Crippen LogP) is 5.89. The van der Waals surface area contributed by atoms with Crippen molar-refractivity contribution in [3.8, 4) is 17.1 Å². The molecule has 146 valence electrons. The standard InChI is InChI=1S/C24H17ClN4O/c1-30-15-11-10-14-12-17(22(25)26-20(14)13-15)24-27-18-7-3-2-6-16(18)23-28-19-8-4-5-9-21(19)29(23)24/h2-13,24,27H,1H3/t24-/m0/s1. The molecule has 0 radical (unpaired) electrons. The van der Waals surface area contributed by atoms with Gasteiger partial charge in [0.25, 0.3) is 0 Å². The summed E-state index contributed by atoms with van der Waals surface area (Å²) in [5.74, 6) is 1.67. The van der Waals surface area contributed by atoms with Gasteiger partial charge in [0.2, 0.25) is 0 Å². The maximum Gasteiger partial charge on any atom is 0.145 e. The largest absolute Gasteiger partial charge is 0.497 e. The van der Waals surface area contributed by atoms with E-state index < -0.39 is 0 Å². The van der Waals surface area contributed by atoms with Gasteiger partial charge in [-0.3, -0.25) is 4.57 Å². The quantitative estimate of drug-likeness (QED) is 0.367. The molecular weight excluding hydrogens is 396 g/mol. The Morgan fingerprint density at radius 3 is 2.67 bits per heavy atom. The van der Waals surface area contributed by atoms with Crippen molar-refractivity contribution in [1.29, 1.82) is 0 Å². The number of aromatic nitrogens is 3. The number of ether oxygens (including phenoxy) is 1. The number of nitrogens with zero attached hydrogens (tertiary/aromatic N) is 3. The number of nitrogens with one attached hydrogen (secondary N) is 1. The second-order valence-corrected chi connectivity index (χ2v) is 7.67. The van der Waals surface area contributed by atoms with Gasteiger partial charge in [0.1, 0.15) is 22.9 Å². The van der Waals surface area contributed by atoms with Crippen molar-refractivity contribution in [2.24, 2.45) is 0 Å². The molecule has 3 aromatic carbocycles. The maximum absolute atomic E-state index is 6.72. The minimum Gasteiger partial charge on any atom is -0.497 e. The molecule has 1 aliphatic heterocycles. The topological polar surface area (TPSA) is 52.0 Å². The maximum atomic E-state index is 6.72. The molecule has 0 aliphatic carbocycles. The van der Waals surface area contributed by atoms with Gasteiger partial charge in [0.05, 0.1) is 23.7 Å². The first-order valence-electron chi connectivity index (χ1n) is 9.70. The average Bonchev–Trinajstić information content (AvgIpc) is 3.18. The van der Waals surface area contributed by atoms with Gasteiger partial charge in [0.15, 0.2) is 0 Å². The highest BCUT2D eigenvalue weighted by molar-refractivity contribution is 6.30. The van der Waals surface area contributed by atoms with Gasteiger partial charge >= 0.3 is 0 Å². The minimum absolute atomic E-state index is 0.228. The monoisotopic (exact) mass is 412 g/mol. The van der Waals surface area contributed by atoms with Crippen LogP contribution in [-0.4, -0.2) is 21.6 Å². The second-order valence-electron chi connectivity index (χ2n) is 7.31. The van der Waals surface area contributed by atoms with Crippen molar-refractivity contribution in [3.05, 3.63) is 83.5 Å². The fourth-order valence-electron chi connectivity index (χ4n) is 4.19. The molecule has 3 heterocycles. The number of para-hydroxylation sites is 3. The molecule has 2 aromatic heterocycles. The van der Waals surface area contributed by atoms with E-state index in [-0.39, 0.29) is 6.17 Å². The Bertz CT molecular complexity index is 1440. The van der Waals surface area contributed by atoms with Crippen LogP contribution in [0.25, 0.3) is 33.3 Å². The van der Waals surface area contributed by atoms with Gasteiger partial charge < -0.3 is 10.1 Å². The first kappa shape index (κ1) is 17.3. The van der Waals surface area contributed by atoms with Crippen LogP contribution in [0, 0.1) is 0 Å². The Balaban J connectivity index is 1.62. The molecule has 0 bridgehead atoms. The lowest BCUT2D eigenvalue weighted by Crippen LogP contribution is -2.25. The lowest BCUT2D eigenvalue weighted by atomic mass is 10.1. The van der Waals surface area contributed by atoms with Crippen LogP contribution in [-0.2, 0) is 0 Å². The van der Waals surface area contributed by atoms with Gasteiger partial charge in [-0.1, -0.05) is 35.9 Å². The zero-order chi connectivity index (χ0) is 20.2. The van der Waals surface area contributed by atoms with Crippen LogP contribution in [0.2, 0.25) is 5.15 Å². The molecule has 0 unspecified atom stereocenters. The Labute approximate surface area is 177 Å². The predicted molar refractivity (Wildman–Crippen MR) is 120 cm³/mol. The smallest absolute Gasteiger partial charge is 0.145 e. The summed E-state index contributed by atoms with van der Waals surface area (Å²) in [6.07, 6.45) is -0.228. The molecule has 5 aromatic rings. The summed E-state index contributed by atoms with van der Waals surface area (Å²) in [4.78, 5) is 9.59. The zero-order valence-corrected chi connectivity index (χ0v) is 16.9. The Morgan fingerprint density at radius 1 is 0.933 bits per heavy atom. The molecular formula is C24H17ClN4O. The van der Waals surface area contributed by atoms with Gasteiger partial charge in [-0.2, -0.15) is 0 Å². The molecule has 5 nitrogen and oxygen atoms in total. The van der Waals surface area contributed by atoms with Crippen molar-refractivity contribution >= 4 is 39.2 Å². The van der Waals surface area contributed by atoms with Gasteiger partial charge in [-0.05, 0) is 42.5 Å². The molecule has 1 atom stereocenters. The molecule has 0 saturated carbocycles. The fraction of sp³-hybridized carbons (Fsp3) is 0.0833. The number of hydrogen-bond acceptors (Lipinski definition) is 4. The number of imidazole rings is 1. The minimum atomic E-state index is -0.228. The zero-order valence-electron chi connectivity index (χ0n) is 16.1. The van der Waals surface area contributed by atoms with Crippen molar-refractivity contribution in [3.63, 3.8) is 0 Å². The van der Waals surface area contributed by atoms with Crippen LogP contribution in [0.4, 0.5) is 5.69 Å². The Morgan fingerprint density at radius 2 is 1.77 bits per heavy atom. The SMILES string of the molecule is COc1ccc2cc([C@H]3Nc4ccccc4-c4nc5ccccc5n43)c(Cl)nc2c1. The number of anilines is 1. The number of fused-ring (bicyclic) bond motifs is 6. The van der Waals surface area contributed by atoms with E-state index in [1.165, 1.54) is 0 Å². The lowest BCUT2D eigenvalue weighted by molar-refractivity contribution is 0.415. The third-order valence-corrected chi connectivity index (χ3v) is 5.92. The third-order valence-electron chi connectivity index (χ3n) is 5.61. The molecule has 6 heteroatoms. The fourth-order valence-corrected chi connectivity index (χ4v) is 4.44. The summed E-state index contributed by atoms with van der Waals surface area (Å²) >= 11 is 6.72. The van der Waals surface area contributed by atoms with E-state index in [2.05, 4.69) is 39.1 Å². The highest BCUT2D eigenvalue weighted by atomic mass is 35.5. The van der Waals surface area contributed by atoms with Crippen molar-refractivity contribution < 1.29 is 4.74 Å². The molecule has 0 fully saturated rings. The Hall–Kier alpha value is -3.57. The molecule has 0 amide bonds. The lowest BCUT2D eigenvalue weighted by Gasteiger charge is -2.30. The van der Waals surface area contributed by atoms with E-state index in [0.29, 0.717) is 5.15 Å². The van der Waals surface area contributed by atoms with Crippen LogP contribution >= 0.6 is 11.6 Å². The summed E-state index contributed by atoms with van der Waals surface area (Å²) in [6.45, 7) is 0. The van der Waals surface area contributed by atoms with E-state index in [4.69, 9.17) is 21.3 Å². The van der Waals surface area contributed by atoms with Crippen LogP contribution < -0.4 is 10.1 Å². The van der Waals surface area contributed by atoms with Crippen molar-refractivity contribution in [2.45, 2.75) is 6.17 Å². The van der Waals surface area contributed by atoms with E-state index in [9.17, 15) is 0 Å². The van der Waals surface area contributed by atoms with E-state index >= 15 is 0 Å². The number of benzene rings is 3. The van der Waals surface area contributed by atoms with Crippen LogP contribution in [0.15, 0.2) is 72.8 Å². The third kappa shape index (κ3) is 2.49. The summed E-state index contributed by atoms with van der Waals surface area (Å²) < 4.78 is 7.53. The average molecular weight is 413 g/mol. The van der Waals surface area contributed by atoms with Crippen molar-refractivity contribution in [2.75, 3.05) is 12.4 Å². The molecule has 0 saturated heterocycles. The second kappa shape index (κ2) is 6.47. The number of pyridine rings is 1. The summed E-state index contributed by atoms with van der Waals surface area (Å²) in [5.41, 5.74) is 5.79. The van der Waals surface area contributed by atoms with E-state index in [1.807, 2.05) is 48.5 Å². The number of hydrogen-bond donors (Lipinski definition) is 1. The van der Waals surface area contributed by atoms with Crippen molar-refractivity contribution in [1.82, 2.24) is 14.5 Å². The Kier molecular flexibility index (Phi) is 3.73. The molecule has 1 N–H and O–H groups in total. The number of rotatable bonds is 2. The van der Waals surface area contributed by atoms with E-state index in [1.54, 1.807) is 7.11 Å². The highest BCUT2D eigenvalue weighted by Crippen LogP contribution is 2.42. The van der Waals surface area contributed by atoms with E-state index in [0.717, 1.165) is 50.3 Å². The number of methoxy groups -OCH3 is 1. The molecule has 30 heavy (non-hydrogen) atoms. The summed E-state index contributed by atoms with van der Waals surface area (Å²) in [7, 11) is 1.65. The molecule has 1 aliphatic rings.